The highest BCUT2D eigenvalue weighted by Crippen LogP contribution is 2.34. The van der Waals surface area contributed by atoms with Gasteiger partial charge in [0.2, 0.25) is 0 Å². The molecule has 28 heavy (non-hydrogen) atoms. The molecule has 0 fully saturated rings. The van der Waals surface area contributed by atoms with E-state index in [1.165, 1.54) is 11.1 Å². The Morgan fingerprint density at radius 2 is 1.57 bits per heavy atom. The van der Waals surface area contributed by atoms with Gasteiger partial charge in [0.25, 0.3) is 0 Å². The molecule has 3 rings (SSSR count). The van der Waals surface area contributed by atoms with E-state index in [2.05, 4.69) is 96.4 Å². The normalized spacial score (nSPS) is 10.6. The van der Waals surface area contributed by atoms with Crippen LogP contribution in [0.15, 0.2) is 60.7 Å². The molecule has 0 spiro atoms. The molecule has 3 aromatic carbocycles. The maximum atomic E-state index is 6.08. The molecule has 0 radical (unpaired) electrons. The fourth-order valence-corrected chi connectivity index (χ4v) is 3.74. The fraction of sp³-hybridized carbons (Fsp3) is 0.250. The SMILES string of the molecule is CCc1ccc(NCc2cc(I)c(OCc3ccc(C)cc3)c(OC)c2)cc1. The van der Waals surface area contributed by atoms with E-state index < -0.39 is 0 Å². The topological polar surface area (TPSA) is 30.5 Å². The van der Waals surface area contributed by atoms with Gasteiger partial charge in [-0.3, -0.25) is 0 Å². The maximum absolute atomic E-state index is 6.08. The second-order valence-corrected chi connectivity index (χ2v) is 7.95. The van der Waals surface area contributed by atoms with Crippen LogP contribution in [0.5, 0.6) is 11.5 Å². The Kier molecular flexibility index (Phi) is 7.20. The van der Waals surface area contributed by atoms with Gasteiger partial charge in [-0.2, -0.15) is 0 Å². The van der Waals surface area contributed by atoms with Gasteiger partial charge in [-0.15, -0.1) is 0 Å². The predicted octanol–water partition coefficient (Wildman–Crippen LogP) is 6.36. The van der Waals surface area contributed by atoms with Gasteiger partial charge in [0.15, 0.2) is 11.5 Å². The van der Waals surface area contributed by atoms with E-state index in [0.29, 0.717) is 6.61 Å². The molecule has 3 nitrogen and oxygen atoms in total. The third kappa shape index (κ3) is 5.41. The molecule has 0 atom stereocenters. The third-order valence-electron chi connectivity index (χ3n) is 4.65. The highest BCUT2D eigenvalue weighted by molar-refractivity contribution is 14.1. The van der Waals surface area contributed by atoms with Crippen molar-refractivity contribution < 1.29 is 9.47 Å². The fourth-order valence-electron chi connectivity index (χ4n) is 2.92. The molecule has 0 aromatic heterocycles. The Labute approximate surface area is 181 Å². The number of nitrogens with one attached hydrogen (secondary N) is 1. The summed E-state index contributed by atoms with van der Waals surface area (Å²) in [4.78, 5) is 0. The van der Waals surface area contributed by atoms with E-state index in [-0.39, 0.29) is 0 Å². The molecule has 0 saturated carbocycles. The van der Waals surface area contributed by atoms with Crippen molar-refractivity contribution in [3.63, 3.8) is 0 Å². The first-order valence-electron chi connectivity index (χ1n) is 9.46. The molecule has 0 aliphatic rings. The van der Waals surface area contributed by atoms with Crippen molar-refractivity contribution in [1.29, 1.82) is 0 Å². The number of halogens is 1. The van der Waals surface area contributed by atoms with Crippen LogP contribution in [0.3, 0.4) is 0 Å². The number of methoxy groups -OCH3 is 1. The summed E-state index contributed by atoms with van der Waals surface area (Å²) in [5.74, 6) is 1.55. The van der Waals surface area contributed by atoms with Gasteiger partial charge in [-0.1, -0.05) is 48.9 Å². The minimum absolute atomic E-state index is 0.522. The molecule has 0 aliphatic carbocycles. The van der Waals surface area contributed by atoms with Crippen LogP contribution in [-0.2, 0) is 19.6 Å². The Hall–Kier alpha value is -2.21. The summed E-state index contributed by atoms with van der Waals surface area (Å²) >= 11 is 2.31. The van der Waals surface area contributed by atoms with Crippen LogP contribution in [0.25, 0.3) is 0 Å². The zero-order valence-corrected chi connectivity index (χ0v) is 18.7. The number of aryl methyl sites for hydroxylation is 2. The Bertz CT molecular complexity index is 905. The lowest BCUT2D eigenvalue weighted by Crippen LogP contribution is -2.03. The van der Waals surface area contributed by atoms with Gasteiger partial charge in [0.05, 0.1) is 10.7 Å². The van der Waals surface area contributed by atoms with Crippen molar-refractivity contribution in [3.8, 4) is 11.5 Å². The van der Waals surface area contributed by atoms with Gasteiger partial charge >= 0.3 is 0 Å². The molecule has 146 valence electrons. The number of hydrogen-bond acceptors (Lipinski definition) is 3. The lowest BCUT2D eigenvalue weighted by atomic mass is 10.1. The molecule has 0 saturated heterocycles. The molecule has 0 unspecified atom stereocenters. The number of hydrogen-bond donors (Lipinski definition) is 1. The molecule has 0 bridgehead atoms. The number of rotatable bonds is 8. The average Bonchev–Trinajstić information content (AvgIpc) is 2.72. The first-order valence-corrected chi connectivity index (χ1v) is 10.5. The lowest BCUT2D eigenvalue weighted by molar-refractivity contribution is 0.282. The van der Waals surface area contributed by atoms with Crippen molar-refractivity contribution in [1.82, 2.24) is 0 Å². The Morgan fingerprint density at radius 3 is 2.21 bits per heavy atom. The minimum Gasteiger partial charge on any atom is -0.493 e. The summed E-state index contributed by atoms with van der Waals surface area (Å²) in [5, 5.41) is 3.47. The quantitative estimate of drug-likeness (QED) is 0.375. The van der Waals surface area contributed by atoms with Crippen LogP contribution in [0, 0.1) is 10.5 Å². The molecule has 0 heterocycles. The van der Waals surface area contributed by atoms with Crippen LogP contribution in [0.2, 0.25) is 0 Å². The van der Waals surface area contributed by atoms with E-state index in [9.17, 15) is 0 Å². The summed E-state index contributed by atoms with van der Waals surface area (Å²) in [6, 6.07) is 21.1. The van der Waals surface area contributed by atoms with E-state index >= 15 is 0 Å². The van der Waals surface area contributed by atoms with Crippen molar-refractivity contribution in [2.45, 2.75) is 33.4 Å². The zero-order chi connectivity index (χ0) is 19.9. The van der Waals surface area contributed by atoms with Gasteiger partial charge in [0, 0.05) is 12.2 Å². The monoisotopic (exact) mass is 487 g/mol. The Balaban J connectivity index is 1.68. The zero-order valence-electron chi connectivity index (χ0n) is 16.6. The smallest absolute Gasteiger partial charge is 0.174 e. The molecule has 4 heteroatoms. The summed E-state index contributed by atoms with van der Waals surface area (Å²) in [7, 11) is 1.69. The number of anilines is 1. The van der Waals surface area contributed by atoms with Crippen LogP contribution in [0.4, 0.5) is 5.69 Å². The molecule has 1 N–H and O–H groups in total. The van der Waals surface area contributed by atoms with Crippen LogP contribution in [-0.4, -0.2) is 7.11 Å². The van der Waals surface area contributed by atoms with Crippen molar-refractivity contribution in [2.24, 2.45) is 0 Å². The summed E-state index contributed by atoms with van der Waals surface area (Å²) in [5.41, 5.74) is 6.01. The van der Waals surface area contributed by atoms with Crippen LogP contribution in [0.1, 0.15) is 29.2 Å². The molecular formula is C24H26INO2. The minimum atomic E-state index is 0.522. The maximum Gasteiger partial charge on any atom is 0.174 e. The summed E-state index contributed by atoms with van der Waals surface area (Å²) in [6.45, 7) is 5.50. The van der Waals surface area contributed by atoms with E-state index in [1.54, 1.807) is 7.11 Å². The number of ether oxygens (including phenoxy) is 2. The van der Waals surface area contributed by atoms with Gasteiger partial charge in [0.1, 0.15) is 6.61 Å². The Morgan fingerprint density at radius 1 is 0.893 bits per heavy atom. The first kappa shape index (κ1) is 20.5. The standard InChI is InChI=1S/C24H26INO2/c1-4-18-9-11-21(12-10-18)26-15-20-13-22(25)24(23(14-20)27-3)28-16-19-7-5-17(2)6-8-19/h5-14,26H,4,15-16H2,1-3H3. The second-order valence-electron chi connectivity index (χ2n) is 6.79. The molecule has 0 aliphatic heterocycles. The van der Waals surface area contributed by atoms with Crippen LogP contribution >= 0.6 is 22.6 Å². The van der Waals surface area contributed by atoms with Crippen molar-refractivity contribution >= 4 is 28.3 Å². The molecule has 0 amide bonds. The van der Waals surface area contributed by atoms with Gasteiger partial charge in [-0.25, -0.2) is 0 Å². The van der Waals surface area contributed by atoms with E-state index in [4.69, 9.17) is 9.47 Å². The summed E-state index contributed by atoms with van der Waals surface area (Å²) in [6.07, 6.45) is 1.06. The number of benzene rings is 3. The average molecular weight is 487 g/mol. The largest absolute Gasteiger partial charge is 0.493 e. The van der Waals surface area contributed by atoms with Crippen molar-refractivity contribution in [2.75, 3.05) is 12.4 Å². The second kappa shape index (κ2) is 9.82. The highest BCUT2D eigenvalue weighted by Gasteiger charge is 2.12. The highest BCUT2D eigenvalue weighted by atomic mass is 127. The third-order valence-corrected chi connectivity index (χ3v) is 5.45. The van der Waals surface area contributed by atoms with Crippen molar-refractivity contribution in [3.05, 3.63) is 86.5 Å². The van der Waals surface area contributed by atoms with Gasteiger partial charge in [-0.05, 0) is 76.9 Å². The van der Waals surface area contributed by atoms with E-state index in [0.717, 1.165) is 44.8 Å². The summed E-state index contributed by atoms with van der Waals surface area (Å²) < 4.78 is 12.7. The van der Waals surface area contributed by atoms with E-state index in [1.807, 2.05) is 6.07 Å². The lowest BCUT2D eigenvalue weighted by Gasteiger charge is -2.15. The predicted molar refractivity (Wildman–Crippen MR) is 124 cm³/mol. The van der Waals surface area contributed by atoms with Gasteiger partial charge < -0.3 is 14.8 Å². The molecular weight excluding hydrogens is 461 g/mol. The van der Waals surface area contributed by atoms with Crippen LogP contribution < -0.4 is 14.8 Å². The molecule has 3 aromatic rings. The first-order chi connectivity index (χ1) is 13.6.